The van der Waals surface area contributed by atoms with Gasteiger partial charge in [-0.2, -0.15) is 9.29 Å². The van der Waals surface area contributed by atoms with Crippen LogP contribution in [-0.2, 0) is 10.0 Å². The van der Waals surface area contributed by atoms with Crippen LogP contribution in [0.1, 0.15) is 49.4 Å². The third kappa shape index (κ3) is 3.35. The largest absolute Gasteiger partial charge is 0.338 e. The summed E-state index contributed by atoms with van der Waals surface area (Å²) in [7, 11) is -3.69. The second-order valence-corrected chi connectivity index (χ2v) is 10.0. The van der Waals surface area contributed by atoms with E-state index in [4.69, 9.17) is 4.52 Å². The molecule has 1 aromatic carbocycles. The summed E-state index contributed by atoms with van der Waals surface area (Å²) in [5.41, 5.74) is 0. The van der Waals surface area contributed by atoms with Crippen LogP contribution in [0.2, 0.25) is 0 Å². The molecule has 0 bridgehead atoms. The van der Waals surface area contributed by atoms with Crippen molar-refractivity contribution >= 4 is 10.0 Å². The minimum absolute atomic E-state index is 0.0265. The van der Waals surface area contributed by atoms with Crippen LogP contribution in [0.5, 0.6) is 0 Å². The molecule has 9 heteroatoms. The van der Waals surface area contributed by atoms with E-state index >= 15 is 0 Å². The average molecular weight is 406 g/mol. The van der Waals surface area contributed by atoms with Gasteiger partial charge < -0.3 is 4.52 Å². The summed E-state index contributed by atoms with van der Waals surface area (Å²) in [4.78, 5) is 7.01. The lowest BCUT2D eigenvalue weighted by atomic mass is 10.0. The van der Waals surface area contributed by atoms with E-state index in [-0.39, 0.29) is 29.9 Å². The molecule has 150 valence electrons. The Hall–Kier alpha value is -1.84. The van der Waals surface area contributed by atoms with Gasteiger partial charge in [-0.05, 0) is 56.3 Å². The maximum absolute atomic E-state index is 13.4. The van der Waals surface area contributed by atoms with Crippen LogP contribution in [0.15, 0.2) is 33.7 Å². The van der Waals surface area contributed by atoms with Crippen LogP contribution in [0.3, 0.4) is 0 Å². The van der Waals surface area contributed by atoms with Crippen LogP contribution in [0.4, 0.5) is 4.39 Å². The summed E-state index contributed by atoms with van der Waals surface area (Å²) in [6, 6.07) is 5.28. The smallest absolute Gasteiger partial charge is 0.244 e. The Kier molecular flexibility index (Phi) is 4.48. The summed E-state index contributed by atoms with van der Waals surface area (Å²) in [5.74, 6) is 1.39. The number of likely N-dealkylation sites (tertiary alicyclic amines) is 1. The second kappa shape index (κ2) is 6.89. The first-order chi connectivity index (χ1) is 13.5. The molecule has 3 heterocycles. The van der Waals surface area contributed by atoms with E-state index in [0.717, 1.165) is 37.9 Å². The SMILES string of the molecule is O=S(=O)(c1cccc(F)c1)N1CC(c2noc(C3CCCN3CC3CC3)n2)C1. The van der Waals surface area contributed by atoms with Crippen molar-refractivity contribution in [1.82, 2.24) is 19.3 Å². The van der Waals surface area contributed by atoms with E-state index in [9.17, 15) is 12.8 Å². The number of hydrogen-bond acceptors (Lipinski definition) is 6. The topological polar surface area (TPSA) is 79.5 Å². The molecule has 2 aromatic rings. The normalized spacial score (nSPS) is 24.5. The Bertz CT molecular complexity index is 969. The lowest BCUT2D eigenvalue weighted by Gasteiger charge is -2.36. The molecule has 0 N–H and O–H groups in total. The lowest BCUT2D eigenvalue weighted by Crippen LogP contribution is -2.48. The molecule has 28 heavy (non-hydrogen) atoms. The fourth-order valence-electron chi connectivity index (χ4n) is 4.08. The average Bonchev–Trinajstić information content (AvgIpc) is 3.11. The summed E-state index contributed by atoms with van der Waals surface area (Å²) < 4.78 is 45.4. The highest BCUT2D eigenvalue weighted by Gasteiger charge is 2.41. The van der Waals surface area contributed by atoms with Crippen molar-refractivity contribution in [3.8, 4) is 0 Å². The maximum Gasteiger partial charge on any atom is 0.244 e. The number of hydrogen-bond donors (Lipinski definition) is 0. The first-order valence-electron chi connectivity index (χ1n) is 9.84. The number of nitrogens with zero attached hydrogens (tertiary/aromatic N) is 4. The summed E-state index contributed by atoms with van der Waals surface area (Å²) in [5, 5.41) is 4.12. The fourth-order valence-corrected chi connectivity index (χ4v) is 5.64. The van der Waals surface area contributed by atoms with Crippen LogP contribution in [0.25, 0.3) is 0 Å². The zero-order valence-corrected chi connectivity index (χ0v) is 16.3. The van der Waals surface area contributed by atoms with Gasteiger partial charge in [0, 0.05) is 19.6 Å². The zero-order chi connectivity index (χ0) is 19.3. The molecule has 0 spiro atoms. The highest BCUT2D eigenvalue weighted by atomic mass is 32.2. The minimum atomic E-state index is -3.69. The van der Waals surface area contributed by atoms with E-state index < -0.39 is 15.8 Å². The standard InChI is InChI=1S/C19H23FN4O3S/c20-15-3-1-4-16(9-15)28(25,26)24-11-14(12-24)18-21-19(27-22-18)17-5-2-8-23(17)10-13-6-7-13/h1,3-4,9,13-14,17H,2,5-8,10-12H2. The Morgan fingerprint density at radius 1 is 1.21 bits per heavy atom. The first-order valence-corrected chi connectivity index (χ1v) is 11.3. The molecular formula is C19H23FN4O3S. The van der Waals surface area contributed by atoms with E-state index in [2.05, 4.69) is 15.0 Å². The van der Waals surface area contributed by atoms with Crippen LogP contribution in [-0.4, -0.2) is 53.9 Å². The molecule has 1 aromatic heterocycles. The monoisotopic (exact) mass is 406 g/mol. The number of rotatable bonds is 6. The van der Waals surface area contributed by atoms with E-state index in [0.29, 0.717) is 11.7 Å². The summed E-state index contributed by atoms with van der Waals surface area (Å²) in [6.07, 6.45) is 4.79. The van der Waals surface area contributed by atoms with Crippen molar-refractivity contribution in [3.05, 3.63) is 41.8 Å². The Labute approximate surface area is 163 Å². The van der Waals surface area contributed by atoms with Crippen LogP contribution in [0, 0.1) is 11.7 Å². The molecule has 3 fully saturated rings. The van der Waals surface area contributed by atoms with E-state index in [1.165, 1.54) is 35.3 Å². The molecular weight excluding hydrogens is 383 g/mol. The molecule has 0 amide bonds. The summed E-state index contributed by atoms with van der Waals surface area (Å²) in [6.45, 7) is 2.75. The molecule has 1 unspecified atom stereocenters. The van der Waals surface area contributed by atoms with Gasteiger partial charge in [-0.3, -0.25) is 4.90 Å². The molecule has 2 aliphatic heterocycles. The van der Waals surface area contributed by atoms with E-state index in [1.807, 2.05) is 0 Å². The molecule has 2 saturated heterocycles. The quantitative estimate of drug-likeness (QED) is 0.734. The molecule has 7 nitrogen and oxygen atoms in total. The van der Waals surface area contributed by atoms with Crippen molar-refractivity contribution in [1.29, 1.82) is 0 Å². The van der Waals surface area contributed by atoms with Gasteiger partial charge in [-0.25, -0.2) is 12.8 Å². The first kappa shape index (κ1) is 18.2. The fraction of sp³-hybridized carbons (Fsp3) is 0.579. The van der Waals surface area contributed by atoms with Crippen LogP contribution >= 0.6 is 0 Å². The minimum Gasteiger partial charge on any atom is -0.338 e. The predicted octanol–water partition coefficient (Wildman–Crippen LogP) is 2.54. The van der Waals surface area contributed by atoms with Crippen molar-refractivity contribution in [2.24, 2.45) is 5.92 Å². The van der Waals surface area contributed by atoms with Crippen molar-refractivity contribution < 1.29 is 17.3 Å². The van der Waals surface area contributed by atoms with Gasteiger partial charge in [0.1, 0.15) is 5.82 Å². The Balaban J connectivity index is 1.24. The van der Waals surface area contributed by atoms with Crippen LogP contribution < -0.4 is 0 Å². The lowest BCUT2D eigenvalue weighted by molar-refractivity contribution is 0.200. The number of sulfonamides is 1. The summed E-state index contributed by atoms with van der Waals surface area (Å²) >= 11 is 0. The Morgan fingerprint density at radius 3 is 2.79 bits per heavy atom. The molecule has 0 radical (unpaired) electrons. The number of benzene rings is 1. The predicted molar refractivity (Wildman–Crippen MR) is 98.5 cm³/mol. The zero-order valence-electron chi connectivity index (χ0n) is 15.5. The van der Waals surface area contributed by atoms with Gasteiger partial charge >= 0.3 is 0 Å². The Morgan fingerprint density at radius 2 is 2.04 bits per heavy atom. The highest BCUT2D eigenvalue weighted by Crippen LogP contribution is 2.38. The third-order valence-electron chi connectivity index (χ3n) is 5.94. The van der Waals surface area contributed by atoms with Gasteiger partial charge in [-0.15, -0.1) is 0 Å². The van der Waals surface area contributed by atoms with Gasteiger partial charge in [0.25, 0.3) is 0 Å². The molecule has 1 aliphatic carbocycles. The molecule has 5 rings (SSSR count). The number of aromatic nitrogens is 2. The second-order valence-electron chi connectivity index (χ2n) is 8.06. The number of halogens is 1. The maximum atomic E-state index is 13.4. The van der Waals surface area contributed by atoms with Crippen molar-refractivity contribution in [2.75, 3.05) is 26.2 Å². The molecule has 3 aliphatic rings. The van der Waals surface area contributed by atoms with E-state index in [1.54, 1.807) is 0 Å². The highest BCUT2D eigenvalue weighted by molar-refractivity contribution is 7.89. The van der Waals surface area contributed by atoms with Gasteiger partial charge in [0.15, 0.2) is 5.82 Å². The van der Waals surface area contributed by atoms with Gasteiger partial charge in [0.2, 0.25) is 15.9 Å². The third-order valence-corrected chi connectivity index (χ3v) is 7.77. The van der Waals surface area contributed by atoms with Gasteiger partial charge in [0.05, 0.1) is 16.9 Å². The van der Waals surface area contributed by atoms with Gasteiger partial charge in [-0.1, -0.05) is 11.2 Å². The molecule has 1 atom stereocenters. The van der Waals surface area contributed by atoms with Crippen molar-refractivity contribution in [2.45, 2.75) is 42.5 Å². The van der Waals surface area contributed by atoms with Crippen molar-refractivity contribution in [3.63, 3.8) is 0 Å². The molecule has 1 saturated carbocycles.